The summed E-state index contributed by atoms with van der Waals surface area (Å²) < 4.78 is 0. The summed E-state index contributed by atoms with van der Waals surface area (Å²) in [6.45, 7) is 1.82. The normalized spacial score (nSPS) is 11.8. The summed E-state index contributed by atoms with van der Waals surface area (Å²) in [5.74, 6) is -1.03. The predicted molar refractivity (Wildman–Crippen MR) is 157 cm³/mol. The fraction of sp³-hybridized carbons (Fsp3) is 0.0667. The van der Waals surface area contributed by atoms with Gasteiger partial charge in [-0.1, -0.05) is 35.9 Å². The van der Waals surface area contributed by atoms with Crippen molar-refractivity contribution in [2.75, 3.05) is 10.6 Å². The van der Waals surface area contributed by atoms with Crippen molar-refractivity contribution in [2.24, 2.45) is 0 Å². The fourth-order valence-electron chi connectivity index (χ4n) is 3.42. The van der Waals surface area contributed by atoms with Crippen molar-refractivity contribution in [1.82, 2.24) is 10.3 Å². The van der Waals surface area contributed by atoms with Gasteiger partial charge in [-0.05, 0) is 85.3 Å². The zero-order valence-electron chi connectivity index (χ0n) is 20.9. The van der Waals surface area contributed by atoms with E-state index >= 15 is 0 Å². The van der Waals surface area contributed by atoms with Gasteiger partial charge < -0.3 is 16.0 Å². The van der Waals surface area contributed by atoms with Crippen LogP contribution in [0.2, 0.25) is 5.02 Å². The van der Waals surface area contributed by atoms with Gasteiger partial charge in [0.2, 0.25) is 5.91 Å². The number of aromatic nitrogens is 1. The van der Waals surface area contributed by atoms with Gasteiger partial charge in [0.1, 0.15) is 5.70 Å². The Labute approximate surface area is 235 Å². The smallest absolute Gasteiger partial charge is 0.272 e. The van der Waals surface area contributed by atoms with Crippen molar-refractivity contribution >= 4 is 58.5 Å². The molecule has 0 radical (unpaired) electrons. The Balaban J connectivity index is 1.41. The summed E-state index contributed by atoms with van der Waals surface area (Å²) in [6.07, 6.45) is 4.79. The van der Waals surface area contributed by atoms with Gasteiger partial charge in [0.15, 0.2) is 0 Å². The lowest BCUT2D eigenvalue weighted by Gasteiger charge is -2.13. The highest BCUT2D eigenvalue weighted by molar-refractivity contribution is 8.00. The van der Waals surface area contributed by atoms with Crippen molar-refractivity contribution in [3.8, 4) is 0 Å². The molecule has 0 fully saturated rings. The van der Waals surface area contributed by atoms with Gasteiger partial charge in [0, 0.05) is 39.3 Å². The number of amides is 3. The fourth-order valence-corrected chi connectivity index (χ4v) is 4.41. The van der Waals surface area contributed by atoms with E-state index in [1.807, 2.05) is 25.1 Å². The zero-order chi connectivity index (χ0) is 27.6. The predicted octanol–water partition coefficient (Wildman–Crippen LogP) is 6.26. The number of hydrogen-bond acceptors (Lipinski definition) is 5. The first kappa shape index (κ1) is 27.6. The summed E-state index contributed by atoms with van der Waals surface area (Å²) in [5, 5.41) is 8.62. The Morgan fingerprint density at radius 3 is 2.18 bits per heavy atom. The lowest BCUT2D eigenvalue weighted by Crippen LogP contribution is -2.30. The number of rotatable bonds is 9. The third-order valence-corrected chi connectivity index (χ3v) is 6.79. The maximum Gasteiger partial charge on any atom is 0.272 e. The van der Waals surface area contributed by atoms with E-state index in [4.69, 9.17) is 11.6 Å². The molecule has 3 amide bonds. The number of pyridine rings is 1. The van der Waals surface area contributed by atoms with Gasteiger partial charge in [0.05, 0.1) is 5.25 Å². The van der Waals surface area contributed by atoms with E-state index in [0.717, 1.165) is 4.90 Å². The highest BCUT2D eigenvalue weighted by atomic mass is 35.5. The number of benzene rings is 3. The second-order valence-electron chi connectivity index (χ2n) is 8.40. The Hall–Kier alpha value is -4.40. The molecule has 0 aliphatic heterocycles. The van der Waals surface area contributed by atoms with Crippen molar-refractivity contribution < 1.29 is 14.4 Å². The molecular weight excluding hydrogens is 532 g/mol. The summed E-state index contributed by atoms with van der Waals surface area (Å²) in [6, 6.07) is 26.2. The molecule has 3 N–H and O–H groups in total. The van der Waals surface area contributed by atoms with E-state index in [0.29, 0.717) is 27.5 Å². The first-order chi connectivity index (χ1) is 18.9. The van der Waals surface area contributed by atoms with Crippen LogP contribution in [0.5, 0.6) is 0 Å². The molecule has 39 heavy (non-hydrogen) atoms. The van der Waals surface area contributed by atoms with Crippen LogP contribution in [0.4, 0.5) is 11.4 Å². The van der Waals surface area contributed by atoms with Crippen LogP contribution >= 0.6 is 23.4 Å². The molecule has 7 nitrogen and oxygen atoms in total. The molecule has 1 aromatic heterocycles. The number of carbonyl (C=O) groups is 3. The van der Waals surface area contributed by atoms with Gasteiger partial charge >= 0.3 is 0 Å². The molecule has 0 aliphatic carbocycles. The molecule has 0 spiro atoms. The maximum absolute atomic E-state index is 13.1. The molecule has 4 aromatic rings. The Morgan fingerprint density at radius 1 is 0.846 bits per heavy atom. The van der Waals surface area contributed by atoms with Crippen LogP contribution < -0.4 is 16.0 Å². The van der Waals surface area contributed by atoms with Crippen LogP contribution in [0.3, 0.4) is 0 Å². The Morgan fingerprint density at radius 2 is 1.51 bits per heavy atom. The molecule has 0 bridgehead atoms. The minimum absolute atomic E-state index is 0.0720. The van der Waals surface area contributed by atoms with Gasteiger partial charge in [-0.25, -0.2) is 0 Å². The molecule has 0 saturated heterocycles. The third-order valence-electron chi connectivity index (χ3n) is 5.43. The van der Waals surface area contributed by atoms with E-state index in [1.54, 1.807) is 91.3 Å². The van der Waals surface area contributed by atoms with Crippen molar-refractivity contribution in [3.05, 3.63) is 125 Å². The molecule has 196 valence electrons. The Kier molecular flexibility index (Phi) is 9.50. The van der Waals surface area contributed by atoms with E-state index in [2.05, 4.69) is 20.9 Å². The summed E-state index contributed by atoms with van der Waals surface area (Å²) >= 11 is 7.29. The molecule has 1 heterocycles. The second-order valence-corrected chi connectivity index (χ2v) is 10.2. The average molecular weight is 557 g/mol. The van der Waals surface area contributed by atoms with Crippen LogP contribution in [0, 0.1) is 0 Å². The lowest BCUT2D eigenvalue weighted by molar-refractivity contribution is -0.115. The highest BCUT2D eigenvalue weighted by Crippen LogP contribution is 2.26. The van der Waals surface area contributed by atoms with Gasteiger partial charge in [-0.3, -0.25) is 19.4 Å². The molecule has 0 saturated carbocycles. The lowest BCUT2D eigenvalue weighted by atomic mass is 10.2. The standard InChI is InChI=1S/C30H25ClN4O3S/c1-20(28(36)33-24-11-9-23(31)10-12-24)39-26-15-13-25(14-16-26)34-30(38)27(18-21-6-5-17-32-19-21)35-29(37)22-7-3-2-4-8-22/h2-20H,1H3,(H,33,36)(H,34,38)(H,35,37)/b27-18-. The molecule has 0 aliphatic rings. The molecule has 1 atom stereocenters. The average Bonchev–Trinajstić information content (AvgIpc) is 2.96. The summed E-state index contributed by atoms with van der Waals surface area (Å²) in [4.78, 5) is 43.4. The minimum atomic E-state index is -0.487. The monoisotopic (exact) mass is 556 g/mol. The van der Waals surface area contributed by atoms with Gasteiger partial charge in [-0.2, -0.15) is 0 Å². The first-order valence-corrected chi connectivity index (χ1v) is 13.3. The van der Waals surface area contributed by atoms with Gasteiger partial charge in [-0.15, -0.1) is 11.8 Å². The topological polar surface area (TPSA) is 100 Å². The van der Waals surface area contributed by atoms with Crippen molar-refractivity contribution in [3.63, 3.8) is 0 Å². The third kappa shape index (κ3) is 8.29. The largest absolute Gasteiger partial charge is 0.325 e. The van der Waals surface area contributed by atoms with E-state index in [1.165, 1.54) is 11.8 Å². The van der Waals surface area contributed by atoms with Crippen molar-refractivity contribution in [2.45, 2.75) is 17.1 Å². The maximum atomic E-state index is 13.1. The molecule has 4 rings (SSSR count). The summed E-state index contributed by atoms with van der Waals surface area (Å²) in [7, 11) is 0. The number of nitrogens with one attached hydrogen (secondary N) is 3. The van der Waals surface area contributed by atoms with Crippen LogP contribution in [0.1, 0.15) is 22.8 Å². The molecule has 9 heteroatoms. The quantitative estimate of drug-likeness (QED) is 0.167. The molecule has 1 unspecified atom stereocenters. The molecular formula is C30H25ClN4O3S. The van der Waals surface area contributed by atoms with Crippen molar-refractivity contribution in [1.29, 1.82) is 0 Å². The highest BCUT2D eigenvalue weighted by Gasteiger charge is 2.17. The number of carbonyl (C=O) groups excluding carboxylic acids is 3. The number of nitrogens with zero attached hydrogens (tertiary/aromatic N) is 1. The van der Waals surface area contributed by atoms with E-state index < -0.39 is 11.8 Å². The van der Waals surface area contributed by atoms with Crippen LogP contribution in [-0.2, 0) is 9.59 Å². The SMILES string of the molecule is CC(Sc1ccc(NC(=O)/C(=C/c2cccnc2)NC(=O)c2ccccc2)cc1)C(=O)Nc1ccc(Cl)cc1. The number of thioether (sulfide) groups is 1. The number of hydrogen-bond donors (Lipinski definition) is 3. The van der Waals surface area contributed by atoms with Crippen LogP contribution in [-0.4, -0.2) is 28.0 Å². The van der Waals surface area contributed by atoms with Gasteiger partial charge in [0.25, 0.3) is 11.8 Å². The Bertz CT molecular complexity index is 1460. The zero-order valence-corrected chi connectivity index (χ0v) is 22.5. The minimum Gasteiger partial charge on any atom is -0.325 e. The first-order valence-electron chi connectivity index (χ1n) is 12.0. The van der Waals surface area contributed by atoms with Crippen LogP contribution in [0.25, 0.3) is 6.08 Å². The second kappa shape index (κ2) is 13.4. The van der Waals surface area contributed by atoms with E-state index in [9.17, 15) is 14.4 Å². The van der Waals surface area contributed by atoms with E-state index in [-0.39, 0.29) is 16.9 Å². The number of anilines is 2. The number of halogens is 1. The van der Waals surface area contributed by atoms with Crippen LogP contribution in [0.15, 0.2) is 114 Å². The summed E-state index contributed by atoms with van der Waals surface area (Å²) in [5.41, 5.74) is 2.37. The molecule has 3 aromatic carbocycles.